The number of likely N-dealkylation sites (tertiary alicyclic amines) is 1. The van der Waals surface area contributed by atoms with Gasteiger partial charge < -0.3 is 10.8 Å². The number of nitrogens with two attached hydrogens (primary N) is 1. The van der Waals surface area contributed by atoms with Crippen molar-refractivity contribution in [2.75, 3.05) is 6.54 Å². The lowest BCUT2D eigenvalue weighted by molar-refractivity contribution is -0.133. The van der Waals surface area contributed by atoms with E-state index in [4.69, 9.17) is 10.8 Å². The normalized spacial score (nSPS) is 25.5. The average Bonchev–Trinajstić information content (AvgIpc) is 3.12. The summed E-state index contributed by atoms with van der Waals surface area (Å²) in [5.74, 6) is -0.700. The molecule has 18 heavy (non-hydrogen) atoms. The van der Waals surface area contributed by atoms with Crippen LogP contribution in [0.25, 0.3) is 0 Å². The van der Waals surface area contributed by atoms with Crippen molar-refractivity contribution in [2.45, 2.75) is 38.6 Å². The zero-order chi connectivity index (χ0) is 13.3. The molecule has 0 unspecified atom stereocenters. The lowest BCUT2D eigenvalue weighted by Gasteiger charge is -2.29. The second-order valence-electron chi connectivity index (χ2n) is 4.52. The van der Waals surface area contributed by atoms with E-state index in [-0.39, 0.29) is 17.6 Å². The largest absolute Gasteiger partial charge is 0.477 e. The summed E-state index contributed by atoms with van der Waals surface area (Å²) in [5, 5.41) is 8.99. The summed E-state index contributed by atoms with van der Waals surface area (Å²) < 4.78 is 0. The van der Waals surface area contributed by atoms with E-state index >= 15 is 0 Å². The van der Waals surface area contributed by atoms with Crippen LogP contribution in [0.1, 0.15) is 32.6 Å². The van der Waals surface area contributed by atoms with E-state index in [1.807, 2.05) is 6.92 Å². The number of hydrogen-bond donors (Lipinski definition) is 2. The zero-order valence-corrected chi connectivity index (χ0v) is 10.3. The molecule has 1 saturated heterocycles. The van der Waals surface area contributed by atoms with E-state index in [0.29, 0.717) is 30.8 Å². The second-order valence-corrected chi connectivity index (χ2v) is 4.52. The van der Waals surface area contributed by atoms with Crippen LogP contribution in [0.3, 0.4) is 0 Å². The van der Waals surface area contributed by atoms with Gasteiger partial charge in [0.2, 0.25) is 5.91 Å². The molecule has 2 rings (SSSR count). The van der Waals surface area contributed by atoms with Crippen LogP contribution < -0.4 is 5.73 Å². The number of aliphatic imine (C=N–C) groups is 1. The molecule has 1 amide bonds. The van der Waals surface area contributed by atoms with Gasteiger partial charge in [0.05, 0.1) is 6.04 Å². The standard InChI is InChI=1S/C12H17N3O3/c1-2-15-9(16)6-5-8(10(13)12(17)18)11(15)14-7-3-4-7/h7H,2-6,13H2,1H3,(H,17,18)/b10-8-,14-11?. The third kappa shape index (κ3) is 2.37. The first kappa shape index (κ1) is 12.6. The molecule has 0 aromatic carbocycles. The van der Waals surface area contributed by atoms with Crippen LogP contribution in [0.15, 0.2) is 16.3 Å². The lowest BCUT2D eigenvalue weighted by Crippen LogP contribution is -2.43. The van der Waals surface area contributed by atoms with Gasteiger partial charge in [0, 0.05) is 18.5 Å². The second kappa shape index (κ2) is 4.80. The summed E-state index contributed by atoms with van der Waals surface area (Å²) in [5.41, 5.74) is 5.90. The molecule has 0 aromatic rings. The number of amidine groups is 1. The molecule has 1 saturated carbocycles. The van der Waals surface area contributed by atoms with E-state index in [0.717, 1.165) is 12.8 Å². The van der Waals surface area contributed by atoms with Gasteiger partial charge in [-0.3, -0.25) is 14.7 Å². The number of likely N-dealkylation sites (N-methyl/N-ethyl adjacent to an activating group) is 1. The Morgan fingerprint density at radius 1 is 1.50 bits per heavy atom. The van der Waals surface area contributed by atoms with Gasteiger partial charge in [0.25, 0.3) is 0 Å². The lowest BCUT2D eigenvalue weighted by atomic mass is 10.00. The number of carboxylic acids is 1. The number of rotatable bonds is 3. The Labute approximate surface area is 105 Å². The summed E-state index contributed by atoms with van der Waals surface area (Å²) in [6.45, 7) is 2.33. The Morgan fingerprint density at radius 3 is 2.67 bits per heavy atom. The first-order valence-electron chi connectivity index (χ1n) is 6.15. The van der Waals surface area contributed by atoms with Gasteiger partial charge in [-0.15, -0.1) is 0 Å². The summed E-state index contributed by atoms with van der Waals surface area (Å²) >= 11 is 0. The fraction of sp³-hybridized carbons (Fsp3) is 0.583. The Bertz CT molecular complexity index is 449. The van der Waals surface area contributed by atoms with Crippen molar-refractivity contribution in [3.05, 3.63) is 11.3 Å². The molecule has 3 N–H and O–H groups in total. The van der Waals surface area contributed by atoms with Crippen LogP contribution in [-0.4, -0.2) is 40.3 Å². The third-order valence-electron chi connectivity index (χ3n) is 3.14. The van der Waals surface area contributed by atoms with E-state index in [1.165, 1.54) is 4.90 Å². The molecule has 1 aliphatic carbocycles. The predicted molar refractivity (Wildman–Crippen MR) is 65.9 cm³/mol. The molecule has 2 fully saturated rings. The number of carbonyl (C=O) groups excluding carboxylic acids is 1. The molecule has 2 aliphatic rings. The van der Waals surface area contributed by atoms with Gasteiger partial charge in [-0.05, 0) is 26.2 Å². The highest BCUT2D eigenvalue weighted by atomic mass is 16.4. The van der Waals surface area contributed by atoms with E-state index in [9.17, 15) is 9.59 Å². The van der Waals surface area contributed by atoms with Gasteiger partial charge in [0.1, 0.15) is 11.5 Å². The molecule has 0 radical (unpaired) electrons. The minimum Gasteiger partial charge on any atom is -0.477 e. The quantitative estimate of drug-likeness (QED) is 0.713. The van der Waals surface area contributed by atoms with Gasteiger partial charge >= 0.3 is 5.97 Å². The molecule has 6 nitrogen and oxygen atoms in total. The maximum Gasteiger partial charge on any atom is 0.352 e. The van der Waals surface area contributed by atoms with E-state index < -0.39 is 5.97 Å². The van der Waals surface area contributed by atoms with Gasteiger partial charge in [-0.1, -0.05) is 0 Å². The van der Waals surface area contributed by atoms with Crippen molar-refractivity contribution in [2.24, 2.45) is 10.7 Å². The summed E-state index contributed by atoms with van der Waals surface area (Å²) in [7, 11) is 0. The highest BCUT2D eigenvalue weighted by Crippen LogP contribution is 2.28. The number of nitrogens with zero attached hydrogens (tertiary/aromatic N) is 2. The Balaban J connectivity index is 2.42. The molecule has 1 aliphatic heterocycles. The maximum atomic E-state index is 11.8. The first-order valence-corrected chi connectivity index (χ1v) is 6.15. The summed E-state index contributed by atoms with van der Waals surface area (Å²) in [4.78, 5) is 28.8. The summed E-state index contributed by atoms with van der Waals surface area (Å²) in [6, 6.07) is 0.219. The Hall–Kier alpha value is -1.85. The predicted octanol–water partition coefficient (Wildman–Crippen LogP) is 0.487. The highest BCUT2D eigenvalue weighted by Gasteiger charge is 2.32. The minimum atomic E-state index is -1.15. The molecule has 1 heterocycles. The fourth-order valence-electron chi connectivity index (χ4n) is 1.99. The van der Waals surface area contributed by atoms with Crippen LogP contribution in [0.2, 0.25) is 0 Å². The molecule has 0 aromatic heterocycles. The molecule has 98 valence electrons. The van der Waals surface area contributed by atoms with Crippen LogP contribution in [-0.2, 0) is 9.59 Å². The zero-order valence-electron chi connectivity index (χ0n) is 10.3. The average molecular weight is 251 g/mol. The van der Waals surface area contributed by atoms with Crippen LogP contribution >= 0.6 is 0 Å². The molecule has 0 bridgehead atoms. The summed E-state index contributed by atoms with van der Waals surface area (Å²) in [6.07, 6.45) is 2.64. The maximum absolute atomic E-state index is 11.8. The van der Waals surface area contributed by atoms with Crippen molar-refractivity contribution in [3.8, 4) is 0 Å². The number of aliphatic carboxylic acids is 1. The number of carboxylic acid groups (broad SMARTS) is 1. The van der Waals surface area contributed by atoms with E-state index in [1.54, 1.807) is 0 Å². The van der Waals surface area contributed by atoms with Gasteiger partial charge in [-0.25, -0.2) is 4.79 Å². The first-order chi connectivity index (χ1) is 8.54. The van der Waals surface area contributed by atoms with Gasteiger partial charge in [-0.2, -0.15) is 0 Å². The van der Waals surface area contributed by atoms with Crippen LogP contribution in [0.4, 0.5) is 0 Å². The fourth-order valence-corrected chi connectivity index (χ4v) is 1.99. The third-order valence-corrected chi connectivity index (χ3v) is 3.14. The van der Waals surface area contributed by atoms with Crippen molar-refractivity contribution in [3.63, 3.8) is 0 Å². The van der Waals surface area contributed by atoms with Crippen LogP contribution in [0, 0.1) is 0 Å². The molecule has 0 atom stereocenters. The van der Waals surface area contributed by atoms with Crippen molar-refractivity contribution in [1.82, 2.24) is 4.90 Å². The van der Waals surface area contributed by atoms with Crippen molar-refractivity contribution in [1.29, 1.82) is 0 Å². The van der Waals surface area contributed by atoms with Gasteiger partial charge in [0.15, 0.2) is 0 Å². The van der Waals surface area contributed by atoms with Crippen molar-refractivity contribution >= 4 is 17.7 Å². The number of piperidine rings is 1. The number of hydrogen-bond acceptors (Lipinski definition) is 4. The SMILES string of the molecule is CCN1C(=O)CC/C(=C(/N)C(=O)O)C1=NC1CC1. The molecular formula is C12H17N3O3. The van der Waals surface area contributed by atoms with E-state index in [2.05, 4.69) is 4.99 Å². The van der Waals surface area contributed by atoms with Crippen molar-refractivity contribution < 1.29 is 14.7 Å². The van der Waals surface area contributed by atoms with Crippen LogP contribution in [0.5, 0.6) is 0 Å². The smallest absolute Gasteiger partial charge is 0.352 e. The monoisotopic (exact) mass is 251 g/mol. The number of carbonyl (C=O) groups is 2. The minimum absolute atomic E-state index is 0.0150. The Kier molecular flexibility index (Phi) is 3.36. The molecule has 0 spiro atoms. The topological polar surface area (TPSA) is 96.0 Å². The molecule has 6 heteroatoms. The molecular weight excluding hydrogens is 234 g/mol. The Morgan fingerprint density at radius 2 is 2.17 bits per heavy atom. The highest BCUT2D eigenvalue weighted by molar-refractivity contribution is 6.13. The number of amides is 1.